The Bertz CT molecular complexity index is 547. The molecule has 0 saturated heterocycles. The van der Waals surface area contributed by atoms with Crippen molar-refractivity contribution in [3.05, 3.63) is 54.2 Å². The second-order valence-corrected chi connectivity index (χ2v) is 4.81. The van der Waals surface area contributed by atoms with Crippen molar-refractivity contribution in [2.24, 2.45) is 0 Å². The molecule has 1 amide bonds. The number of pyridine rings is 1. The summed E-state index contributed by atoms with van der Waals surface area (Å²) in [5.41, 5.74) is 2.55. The summed E-state index contributed by atoms with van der Waals surface area (Å²) in [7, 11) is 1.80. The van der Waals surface area contributed by atoms with Crippen LogP contribution >= 0.6 is 0 Å². The van der Waals surface area contributed by atoms with E-state index >= 15 is 0 Å². The van der Waals surface area contributed by atoms with Crippen LogP contribution < -0.4 is 0 Å². The lowest BCUT2D eigenvalue weighted by molar-refractivity contribution is 0.0754. The smallest absolute Gasteiger partial charge is 0.255 e. The van der Waals surface area contributed by atoms with Crippen LogP contribution in [0.1, 0.15) is 24.2 Å². The van der Waals surface area contributed by atoms with E-state index in [4.69, 9.17) is 0 Å². The molecule has 19 heavy (non-hydrogen) atoms. The number of amides is 1. The minimum Gasteiger partial charge on any atom is -0.339 e. The van der Waals surface area contributed by atoms with Crippen LogP contribution in [0.5, 0.6) is 0 Å². The topological polar surface area (TPSA) is 33.2 Å². The van der Waals surface area contributed by atoms with Crippen molar-refractivity contribution >= 4 is 5.91 Å². The highest BCUT2D eigenvalue weighted by molar-refractivity contribution is 5.94. The van der Waals surface area contributed by atoms with E-state index in [-0.39, 0.29) is 11.9 Å². The fourth-order valence-corrected chi connectivity index (χ4v) is 1.74. The van der Waals surface area contributed by atoms with Crippen molar-refractivity contribution < 1.29 is 4.79 Å². The summed E-state index contributed by atoms with van der Waals surface area (Å²) in [6.07, 6.45) is 1.64. The van der Waals surface area contributed by atoms with Crippen molar-refractivity contribution in [2.75, 3.05) is 7.05 Å². The number of aromatic nitrogens is 1. The number of nitrogens with zero attached hydrogens (tertiary/aromatic N) is 2. The minimum absolute atomic E-state index is 0.00196. The van der Waals surface area contributed by atoms with Crippen LogP contribution in [-0.4, -0.2) is 28.9 Å². The summed E-state index contributed by atoms with van der Waals surface area (Å²) in [4.78, 5) is 18.2. The minimum atomic E-state index is 0.00196. The second kappa shape index (κ2) is 5.65. The Hall–Kier alpha value is -2.16. The standard InChI is InChI=1S/C16H18N2O/c1-12(2)18(3)16(19)14-9-10-15(17-11-14)13-7-5-4-6-8-13/h4-12H,1-3H3. The Morgan fingerprint density at radius 1 is 1.11 bits per heavy atom. The lowest BCUT2D eigenvalue weighted by atomic mass is 10.1. The van der Waals surface area contributed by atoms with E-state index in [2.05, 4.69) is 4.98 Å². The van der Waals surface area contributed by atoms with Gasteiger partial charge in [-0.2, -0.15) is 0 Å². The maximum Gasteiger partial charge on any atom is 0.255 e. The van der Waals surface area contributed by atoms with Gasteiger partial charge >= 0.3 is 0 Å². The van der Waals surface area contributed by atoms with Crippen molar-refractivity contribution in [2.45, 2.75) is 19.9 Å². The molecule has 0 spiro atoms. The Balaban J connectivity index is 2.22. The summed E-state index contributed by atoms with van der Waals surface area (Å²) >= 11 is 0. The SMILES string of the molecule is CC(C)N(C)C(=O)c1ccc(-c2ccccc2)nc1. The Morgan fingerprint density at radius 2 is 1.79 bits per heavy atom. The lowest BCUT2D eigenvalue weighted by Gasteiger charge is -2.21. The molecule has 0 unspecified atom stereocenters. The van der Waals surface area contributed by atoms with Gasteiger partial charge in [-0.1, -0.05) is 30.3 Å². The zero-order chi connectivity index (χ0) is 13.8. The maximum absolute atomic E-state index is 12.1. The number of hydrogen-bond acceptors (Lipinski definition) is 2. The molecular formula is C16H18N2O. The molecule has 0 saturated carbocycles. The predicted molar refractivity (Wildman–Crippen MR) is 76.9 cm³/mol. The fraction of sp³-hybridized carbons (Fsp3) is 0.250. The molecule has 2 aromatic rings. The first kappa shape index (κ1) is 13.3. The number of carbonyl (C=O) groups excluding carboxylic acids is 1. The second-order valence-electron chi connectivity index (χ2n) is 4.81. The number of rotatable bonds is 3. The average molecular weight is 254 g/mol. The van der Waals surface area contributed by atoms with E-state index in [1.807, 2.05) is 56.3 Å². The number of benzene rings is 1. The summed E-state index contributed by atoms with van der Waals surface area (Å²) in [5.74, 6) is 0.00196. The van der Waals surface area contributed by atoms with Crippen LogP contribution in [0.25, 0.3) is 11.3 Å². The van der Waals surface area contributed by atoms with E-state index in [1.165, 1.54) is 0 Å². The molecule has 0 aliphatic heterocycles. The first-order valence-electron chi connectivity index (χ1n) is 6.38. The quantitative estimate of drug-likeness (QED) is 0.842. The molecule has 0 radical (unpaired) electrons. The van der Waals surface area contributed by atoms with Gasteiger partial charge in [0.05, 0.1) is 11.3 Å². The number of hydrogen-bond donors (Lipinski definition) is 0. The highest BCUT2D eigenvalue weighted by Gasteiger charge is 2.14. The predicted octanol–water partition coefficient (Wildman–Crippen LogP) is 3.23. The fourth-order valence-electron chi connectivity index (χ4n) is 1.74. The molecule has 0 bridgehead atoms. The van der Waals surface area contributed by atoms with Gasteiger partial charge in [-0.05, 0) is 26.0 Å². The third-order valence-corrected chi connectivity index (χ3v) is 3.17. The van der Waals surface area contributed by atoms with Gasteiger partial charge in [0.1, 0.15) is 0 Å². The van der Waals surface area contributed by atoms with Crippen LogP contribution in [0.3, 0.4) is 0 Å². The normalized spacial score (nSPS) is 10.5. The first-order valence-corrected chi connectivity index (χ1v) is 6.38. The molecule has 1 heterocycles. The van der Waals surface area contributed by atoms with Crippen LogP contribution in [0.2, 0.25) is 0 Å². The molecule has 3 nitrogen and oxygen atoms in total. The molecule has 98 valence electrons. The molecule has 0 N–H and O–H groups in total. The molecular weight excluding hydrogens is 236 g/mol. The van der Waals surface area contributed by atoms with E-state index in [0.29, 0.717) is 5.56 Å². The highest BCUT2D eigenvalue weighted by atomic mass is 16.2. The zero-order valence-electron chi connectivity index (χ0n) is 11.5. The van der Waals surface area contributed by atoms with Gasteiger partial charge < -0.3 is 4.90 Å². The zero-order valence-corrected chi connectivity index (χ0v) is 11.5. The molecule has 1 aromatic carbocycles. The molecule has 2 rings (SSSR count). The van der Waals surface area contributed by atoms with Gasteiger partial charge in [0.25, 0.3) is 5.91 Å². The Labute approximate surface area is 113 Å². The van der Waals surface area contributed by atoms with Crippen LogP contribution in [-0.2, 0) is 0 Å². The molecule has 1 aromatic heterocycles. The largest absolute Gasteiger partial charge is 0.339 e. The van der Waals surface area contributed by atoms with Gasteiger partial charge in [0.15, 0.2) is 0 Å². The molecule has 0 fully saturated rings. The molecule has 0 aliphatic rings. The van der Waals surface area contributed by atoms with Crippen molar-refractivity contribution in [1.29, 1.82) is 0 Å². The highest BCUT2D eigenvalue weighted by Crippen LogP contribution is 2.16. The molecule has 0 atom stereocenters. The number of carbonyl (C=O) groups is 1. The third-order valence-electron chi connectivity index (χ3n) is 3.17. The van der Waals surface area contributed by atoms with E-state index in [9.17, 15) is 4.79 Å². The van der Waals surface area contributed by atoms with E-state index < -0.39 is 0 Å². The lowest BCUT2D eigenvalue weighted by Crippen LogP contribution is -2.33. The van der Waals surface area contributed by atoms with Crippen LogP contribution in [0.15, 0.2) is 48.7 Å². The van der Waals surface area contributed by atoms with Gasteiger partial charge in [-0.3, -0.25) is 9.78 Å². The van der Waals surface area contributed by atoms with Crippen molar-refractivity contribution in [1.82, 2.24) is 9.88 Å². The van der Waals surface area contributed by atoms with Gasteiger partial charge in [-0.15, -0.1) is 0 Å². The van der Waals surface area contributed by atoms with Crippen molar-refractivity contribution in [3.63, 3.8) is 0 Å². The average Bonchev–Trinajstić information content (AvgIpc) is 2.46. The first-order chi connectivity index (χ1) is 9.09. The Kier molecular flexibility index (Phi) is 3.95. The maximum atomic E-state index is 12.1. The van der Waals surface area contributed by atoms with Crippen LogP contribution in [0.4, 0.5) is 0 Å². The van der Waals surface area contributed by atoms with Gasteiger partial charge in [0.2, 0.25) is 0 Å². The summed E-state index contributed by atoms with van der Waals surface area (Å²) in [5, 5.41) is 0. The van der Waals surface area contributed by atoms with Crippen LogP contribution in [0, 0.1) is 0 Å². The molecule has 3 heteroatoms. The van der Waals surface area contributed by atoms with E-state index in [1.54, 1.807) is 18.1 Å². The van der Waals surface area contributed by atoms with Gasteiger partial charge in [-0.25, -0.2) is 0 Å². The van der Waals surface area contributed by atoms with E-state index in [0.717, 1.165) is 11.3 Å². The van der Waals surface area contributed by atoms with Crippen molar-refractivity contribution in [3.8, 4) is 11.3 Å². The summed E-state index contributed by atoms with van der Waals surface area (Å²) < 4.78 is 0. The summed E-state index contributed by atoms with van der Waals surface area (Å²) in [6, 6.07) is 13.8. The van der Waals surface area contributed by atoms with Gasteiger partial charge in [0, 0.05) is 24.8 Å². The molecule has 0 aliphatic carbocycles. The monoisotopic (exact) mass is 254 g/mol. The summed E-state index contributed by atoms with van der Waals surface area (Å²) in [6.45, 7) is 3.98. The third kappa shape index (κ3) is 2.99. The Morgan fingerprint density at radius 3 is 2.32 bits per heavy atom.